The van der Waals surface area contributed by atoms with Crippen LogP contribution in [0.2, 0.25) is 0 Å². The minimum atomic E-state index is -4.56. The zero-order valence-electron chi connectivity index (χ0n) is 14.1. The average molecular weight is 365 g/mol. The first kappa shape index (κ1) is 18.2. The third-order valence-corrected chi connectivity index (χ3v) is 4.45. The lowest BCUT2D eigenvalue weighted by Gasteiger charge is -2.19. The first-order valence-corrected chi connectivity index (χ1v) is 8.44. The van der Waals surface area contributed by atoms with Gasteiger partial charge in [0, 0.05) is 11.6 Å². The SMILES string of the molecule is CCCCCC1C(=O)NN(c2ccnc3c(C(F)(F)F)cccc23)C1=O. The Hall–Kier alpha value is -2.64. The summed E-state index contributed by atoms with van der Waals surface area (Å²) in [5.74, 6) is -1.69. The molecule has 1 aliphatic rings. The van der Waals surface area contributed by atoms with Crippen molar-refractivity contribution >= 4 is 28.4 Å². The Bertz CT molecular complexity index is 851. The molecule has 5 nitrogen and oxygen atoms in total. The van der Waals surface area contributed by atoms with Crippen LogP contribution in [0.1, 0.15) is 38.2 Å². The van der Waals surface area contributed by atoms with E-state index in [9.17, 15) is 22.8 Å². The van der Waals surface area contributed by atoms with Crippen LogP contribution in [-0.4, -0.2) is 16.8 Å². The number of nitrogens with zero attached hydrogens (tertiary/aromatic N) is 2. The van der Waals surface area contributed by atoms with Gasteiger partial charge in [-0.3, -0.25) is 20.0 Å². The Morgan fingerprint density at radius 2 is 1.96 bits per heavy atom. The summed E-state index contributed by atoms with van der Waals surface area (Å²) in [6.45, 7) is 2.02. The van der Waals surface area contributed by atoms with Gasteiger partial charge in [-0.25, -0.2) is 5.01 Å². The molecule has 2 heterocycles. The second-order valence-electron chi connectivity index (χ2n) is 6.23. The summed E-state index contributed by atoms with van der Waals surface area (Å²) in [7, 11) is 0. The third kappa shape index (κ3) is 3.23. The summed E-state index contributed by atoms with van der Waals surface area (Å²) in [5, 5.41) is 1.20. The number of hydrogen-bond donors (Lipinski definition) is 1. The fourth-order valence-electron chi connectivity index (χ4n) is 3.13. The molecule has 0 aliphatic carbocycles. The number of anilines is 1. The van der Waals surface area contributed by atoms with E-state index in [2.05, 4.69) is 10.4 Å². The van der Waals surface area contributed by atoms with Crippen molar-refractivity contribution in [3.05, 3.63) is 36.0 Å². The van der Waals surface area contributed by atoms with E-state index < -0.39 is 29.5 Å². The van der Waals surface area contributed by atoms with Gasteiger partial charge >= 0.3 is 6.18 Å². The van der Waals surface area contributed by atoms with Crippen LogP contribution in [-0.2, 0) is 15.8 Å². The van der Waals surface area contributed by atoms with E-state index in [-0.39, 0.29) is 16.6 Å². The molecule has 1 aromatic carbocycles. The molecule has 2 amide bonds. The van der Waals surface area contributed by atoms with Crippen LogP contribution >= 0.6 is 0 Å². The Balaban J connectivity index is 1.99. The predicted molar refractivity (Wildman–Crippen MR) is 90.0 cm³/mol. The van der Waals surface area contributed by atoms with Gasteiger partial charge < -0.3 is 0 Å². The maximum Gasteiger partial charge on any atom is 0.418 e. The number of benzene rings is 1. The van der Waals surface area contributed by atoms with Gasteiger partial charge in [0.05, 0.1) is 16.8 Å². The first-order valence-electron chi connectivity index (χ1n) is 8.44. The molecule has 0 bridgehead atoms. The number of hydrogen-bond acceptors (Lipinski definition) is 3. The molecule has 0 spiro atoms. The van der Waals surface area contributed by atoms with Gasteiger partial charge in [-0.05, 0) is 18.6 Å². The Morgan fingerprint density at radius 1 is 1.19 bits per heavy atom. The third-order valence-electron chi connectivity index (χ3n) is 4.45. The molecule has 0 radical (unpaired) electrons. The normalized spacial score (nSPS) is 17.8. The molecule has 1 atom stereocenters. The number of hydrazine groups is 1. The van der Waals surface area contributed by atoms with Crippen molar-refractivity contribution < 1.29 is 22.8 Å². The van der Waals surface area contributed by atoms with E-state index in [1.807, 2.05) is 6.92 Å². The number of halogens is 3. The van der Waals surface area contributed by atoms with Crippen LogP contribution in [0, 0.1) is 5.92 Å². The van der Waals surface area contributed by atoms with Crippen molar-refractivity contribution in [1.82, 2.24) is 10.4 Å². The number of carbonyl (C=O) groups is 2. The van der Waals surface area contributed by atoms with E-state index in [0.717, 1.165) is 30.3 Å². The second kappa shape index (κ2) is 6.93. The highest BCUT2D eigenvalue weighted by molar-refractivity contribution is 6.16. The highest BCUT2D eigenvalue weighted by Crippen LogP contribution is 2.37. The van der Waals surface area contributed by atoms with Gasteiger partial charge in [0.25, 0.3) is 11.8 Å². The number of fused-ring (bicyclic) bond motifs is 1. The number of rotatable bonds is 5. The number of para-hydroxylation sites is 1. The van der Waals surface area contributed by atoms with Crippen molar-refractivity contribution in [3.8, 4) is 0 Å². The van der Waals surface area contributed by atoms with Gasteiger partial charge in [-0.1, -0.05) is 38.3 Å². The smallest absolute Gasteiger partial charge is 0.272 e. The molecule has 1 fully saturated rings. The number of aromatic nitrogens is 1. The minimum Gasteiger partial charge on any atom is -0.272 e. The highest BCUT2D eigenvalue weighted by Gasteiger charge is 2.40. The van der Waals surface area contributed by atoms with Crippen molar-refractivity contribution in [3.63, 3.8) is 0 Å². The number of carbonyl (C=O) groups excluding carboxylic acids is 2. The fourth-order valence-corrected chi connectivity index (χ4v) is 3.13. The molecule has 26 heavy (non-hydrogen) atoms. The predicted octanol–water partition coefficient (Wildman–Crippen LogP) is 3.83. The van der Waals surface area contributed by atoms with Crippen LogP contribution < -0.4 is 10.4 Å². The molecule has 8 heteroatoms. The number of pyridine rings is 1. The zero-order valence-corrected chi connectivity index (χ0v) is 14.1. The van der Waals surface area contributed by atoms with Crippen LogP contribution in [0.25, 0.3) is 10.9 Å². The minimum absolute atomic E-state index is 0.158. The molecule has 1 unspecified atom stereocenters. The molecule has 1 aliphatic heterocycles. The van der Waals surface area contributed by atoms with Crippen LogP contribution in [0.3, 0.4) is 0 Å². The largest absolute Gasteiger partial charge is 0.418 e. The zero-order chi connectivity index (χ0) is 18.9. The number of unbranched alkanes of at least 4 members (excludes halogenated alkanes) is 2. The number of amides is 2. The van der Waals surface area contributed by atoms with E-state index in [0.29, 0.717) is 6.42 Å². The van der Waals surface area contributed by atoms with Gasteiger partial charge in [0.1, 0.15) is 5.92 Å². The fraction of sp³-hybridized carbons (Fsp3) is 0.389. The second-order valence-corrected chi connectivity index (χ2v) is 6.23. The van der Waals surface area contributed by atoms with Gasteiger partial charge in [-0.2, -0.15) is 13.2 Å². The molecule has 3 rings (SSSR count). The van der Waals surface area contributed by atoms with Crippen LogP contribution in [0.15, 0.2) is 30.5 Å². The summed E-state index contributed by atoms with van der Waals surface area (Å²) in [5.41, 5.74) is 1.54. The van der Waals surface area contributed by atoms with Crippen LogP contribution in [0.5, 0.6) is 0 Å². The Kier molecular flexibility index (Phi) is 4.84. The van der Waals surface area contributed by atoms with Gasteiger partial charge in [-0.15, -0.1) is 0 Å². The molecule has 0 saturated carbocycles. The average Bonchev–Trinajstić information content (AvgIpc) is 2.88. The molecule has 2 aromatic rings. The summed E-state index contributed by atoms with van der Waals surface area (Å²) in [6.07, 6.45) is -0.330. The summed E-state index contributed by atoms with van der Waals surface area (Å²) >= 11 is 0. The van der Waals surface area contributed by atoms with Crippen molar-refractivity contribution in [2.75, 3.05) is 5.01 Å². The van der Waals surface area contributed by atoms with Crippen molar-refractivity contribution in [2.24, 2.45) is 5.92 Å². The lowest BCUT2D eigenvalue weighted by Crippen LogP contribution is -2.36. The number of alkyl halides is 3. The lowest BCUT2D eigenvalue weighted by molar-refractivity contribution is -0.136. The molecular formula is C18H18F3N3O2. The van der Waals surface area contributed by atoms with Gasteiger partial charge in [0.15, 0.2) is 0 Å². The first-order chi connectivity index (χ1) is 12.3. The highest BCUT2D eigenvalue weighted by atomic mass is 19.4. The topological polar surface area (TPSA) is 62.3 Å². The quantitative estimate of drug-likeness (QED) is 0.647. The maximum atomic E-state index is 13.2. The Labute approximate surface area is 148 Å². The van der Waals surface area contributed by atoms with Crippen molar-refractivity contribution in [1.29, 1.82) is 0 Å². The van der Waals surface area contributed by atoms with E-state index in [1.54, 1.807) is 0 Å². The summed E-state index contributed by atoms with van der Waals surface area (Å²) in [4.78, 5) is 28.6. The molecule has 138 valence electrons. The van der Waals surface area contributed by atoms with E-state index in [4.69, 9.17) is 0 Å². The lowest BCUT2D eigenvalue weighted by atomic mass is 10.0. The standard InChI is InChI=1S/C18H18F3N3O2/c1-2-3-4-6-12-16(25)23-24(17(12)26)14-9-10-22-15-11(14)7-5-8-13(15)18(19,20)21/h5,7-10,12H,2-4,6H2,1H3,(H,23,25). The van der Waals surface area contributed by atoms with Gasteiger partial charge in [0.2, 0.25) is 0 Å². The van der Waals surface area contributed by atoms with Crippen molar-refractivity contribution in [2.45, 2.75) is 38.8 Å². The molecular weight excluding hydrogens is 347 g/mol. The van der Waals surface area contributed by atoms with E-state index >= 15 is 0 Å². The summed E-state index contributed by atoms with van der Waals surface area (Å²) in [6, 6.07) is 5.08. The monoisotopic (exact) mass is 365 g/mol. The van der Waals surface area contributed by atoms with E-state index in [1.165, 1.54) is 24.4 Å². The number of nitrogens with one attached hydrogen (secondary N) is 1. The molecule has 1 N–H and O–H groups in total. The summed E-state index contributed by atoms with van der Waals surface area (Å²) < 4.78 is 39.6. The molecule has 1 aromatic heterocycles. The molecule has 1 saturated heterocycles. The maximum absolute atomic E-state index is 13.2. The Morgan fingerprint density at radius 3 is 2.65 bits per heavy atom. The van der Waals surface area contributed by atoms with Crippen LogP contribution in [0.4, 0.5) is 18.9 Å².